The van der Waals surface area contributed by atoms with Gasteiger partial charge in [0.25, 0.3) is 5.91 Å². The zero-order chi connectivity index (χ0) is 16.0. The van der Waals surface area contributed by atoms with Gasteiger partial charge in [-0.3, -0.25) is 9.89 Å². The van der Waals surface area contributed by atoms with Crippen LogP contribution in [0.15, 0.2) is 42.5 Å². The number of nitrogens with one attached hydrogen (secondary N) is 2. The number of carbonyl (C=O) groups is 1. The number of fused-ring (bicyclic) bond motifs is 2. The molecule has 0 bridgehead atoms. The molecule has 6 nitrogen and oxygen atoms in total. The molecule has 23 heavy (non-hydrogen) atoms. The van der Waals surface area contributed by atoms with Gasteiger partial charge in [-0.05, 0) is 24.3 Å². The summed E-state index contributed by atoms with van der Waals surface area (Å²) in [7, 11) is 3.47. The standard InChI is InChI=1S/C17H15N5O/c1-22(2)17(23)10-7-8-13-14(9-10)19-16(18-13)15-11-5-3-4-6-12(11)20-21-15/h3-9H,1-2H3,(H,18,19)(H,20,21). The fourth-order valence-corrected chi connectivity index (χ4v) is 2.66. The van der Waals surface area contributed by atoms with E-state index in [1.165, 1.54) is 0 Å². The van der Waals surface area contributed by atoms with Crippen molar-refractivity contribution in [3.63, 3.8) is 0 Å². The number of rotatable bonds is 2. The Labute approximate surface area is 132 Å². The number of aromatic amines is 2. The molecule has 0 aliphatic heterocycles. The zero-order valence-electron chi connectivity index (χ0n) is 12.8. The van der Waals surface area contributed by atoms with Gasteiger partial charge in [0.1, 0.15) is 5.69 Å². The molecular weight excluding hydrogens is 290 g/mol. The maximum Gasteiger partial charge on any atom is 0.253 e. The van der Waals surface area contributed by atoms with Gasteiger partial charge in [0.2, 0.25) is 0 Å². The Hall–Kier alpha value is -3.15. The van der Waals surface area contributed by atoms with Gasteiger partial charge in [-0.1, -0.05) is 18.2 Å². The fraction of sp³-hybridized carbons (Fsp3) is 0.118. The molecule has 0 fully saturated rings. The molecule has 0 spiro atoms. The molecule has 4 rings (SSSR count). The summed E-state index contributed by atoms with van der Waals surface area (Å²) in [5, 5.41) is 8.37. The third-order valence-corrected chi connectivity index (χ3v) is 3.83. The van der Waals surface area contributed by atoms with Crippen LogP contribution in [0.1, 0.15) is 10.4 Å². The maximum absolute atomic E-state index is 12.1. The highest BCUT2D eigenvalue weighted by molar-refractivity contribution is 5.98. The molecule has 2 heterocycles. The third-order valence-electron chi connectivity index (χ3n) is 3.83. The van der Waals surface area contributed by atoms with Gasteiger partial charge in [-0.25, -0.2) is 4.98 Å². The smallest absolute Gasteiger partial charge is 0.253 e. The van der Waals surface area contributed by atoms with E-state index in [1.807, 2.05) is 36.4 Å². The van der Waals surface area contributed by atoms with Crippen molar-refractivity contribution < 1.29 is 4.79 Å². The first-order valence-electron chi connectivity index (χ1n) is 7.28. The number of imidazole rings is 1. The Morgan fingerprint density at radius 1 is 1.09 bits per heavy atom. The molecule has 4 aromatic rings. The van der Waals surface area contributed by atoms with Gasteiger partial charge < -0.3 is 9.88 Å². The lowest BCUT2D eigenvalue weighted by molar-refractivity contribution is 0.0828. The van der Waals surface area contributed by atoms with Crippen molar-refractivity contribution in [3.8, 4) is 11.5 Å². The van der Waals surface area contributed by atoms with Crippen molar-refractivity contribution in [1.29, 1.82) is 0 Å². The van der Waals surface area contributed by atoms with Crippen molar-refractivity contribution in [2.24, 2.45) is 0 Å². The minimum Gasteiger partial charge on any atom is -0.345 e. The molecule has 0 radical (unpaired) electrons. The molecule has 1 amide bonds. The van der Waals surface area contributed by atoms with Gasteiger partial charge in [-0.2, -0.15) is 5.10 Å². The van der Waals surface area contributed by atoms with E-state index in [1.54, 1.807) is 25.1 Å². The van der Waals surface area contributed by atoms with E-state index in [0.717, 1.165) is 27.6 Å². The van der Waals surface area contributed by atoms with Crippen LogP contribution >= 0.6 is 0 Å². The minimum atomic E-state index is -0.0340. The van der Waals surface area contributed by atoms with Crippen molar-refractivity contribution >= 4 is 27.8 Å². The lowest BCUT2D eigenvalue weighted by atomic mass is 10.2. The van der Waals surface area contributed by atoms with Crippen LogP contribution in [0.5, 0.6) is 0 Å². The summed E-state index contributed by atoms with van der Waals surface area (Å²) in [6.07, 6.45) is 0. The molecule has 0 unspecified atom stereocenters. The number of carbonyl (C=O) groups excluding carboxylic acids is 1. The Morgan fingerprint density at radius 2 is 1.91 bits per heavy atom. The zero-order valence-corrected chi connectivity index (χ0v) is 12.8. The van der Waals surface area contributed by atoms with Crippen molar-refractivity contribution in [3.05, 3.63) is 48.0 Å². The summed E-state index contributed by atoms with van der Waals surface area (Å²) >= 11 is 0. The summed E-state index contributed by atoms with van der Waals surface area (Å²) in [6.45, 7) is 0. The number of amides is 1. The molecule has 2 N–H and O–H groups in total. The number of hydrogen-bond donors (Lipinski definition) is 2. The van der Waals surface area contributed by atoms with E-state index in [9.17, 15) is 4.79 Å². The summed E-state index contributed by atoms with van der Waals surface area (Å²) in [6, 6.07) is 13.4. The second-order valence-corrected chi connectivity index (χ2v) is 5.63. The molecule has 0 aliphatic rings. The third kappa shape index (κ3) is 2.15. The summed E-state index contributed by atoms with van der Waals surface area (Å²) < 4.78 is 0. The molecule has 0 atom stereocenters. The first kappa shape index (κ1) is 13.5. The van der Waals surface area contributed by atoms with E-state index in [-0.39, 0.29) is 5.91 Å². The Morgan fingerprint density at radius 3 is 2.74 bits per heavy atom. The fourth-order valence-electron chi connectivity index (χ4n) is 2.66. The number of nitrogens with zero attached hydrogens (tertiary/aromatic N) is 3. The summed E-state index contributed by atoms with van der Waals surface area (Å²) in [5.74, 6) is 0.653. The SMILES string of the molecule is CN(C)C(=O)c1ccc2nc(-c3n[nH]c4ccccc34)[nH]c2c1. The normalized spacial score (nSPS) is 11.2. The monoisotopic (exact) mass is 305 g/mol. The first-order valence-corrected chi connectivity index (χ1v) is 7.28. The van der Waals surface area contributed by atoms with Crippen LogP contribution in [0.3, 0.4) is 0 Å². The average Bonchev–Trinajstić information content (AvgIpc) is 3.16. The van der Waals surface area contributed by atoms with Crippen molar-refractivity contribution in [2.45, 2.75) is 0 Å². The second kappa shape index (κ2) is 4.95. The first-order chi connectivity index (χ1) is 11.1. The summed E-state index contributed by atoms with van der Waals surface area (Å²) in [4.78, 5) is 21.5. The molecule has 0 aliphatic carbocycles. The van der Waals surface area contributed by atoms with Gasteiger partial charge in [0, 0.05) is 25.0 Å². The number of hydrogen-bond acceptors (Lipinski definition) is 3. The second-order valence-electron chi connectivity index (χ2n) is 5.63. The van der Waals surface area contributed by atoms with Crippen LogP contribution < -0.4 is 0 Å². The Bertz CT molecular complexity index is 1030. The highest BCUT2D eigenvalue weighted by atomic mass is 16.2. The number of aromatic nitrogens is 4. The average molecular weight is 305 g/mol. The minimum absolute atomic E-state index is 0.0340. The van der Waals surface area contributed by atoms with E-state index in [0.29, 0.717) is 11.4 Å². The van der Waals surface area contributed by atoms with E-state index < -0.39 is 0 Å². The van der Waals surface area contributed by atoms with Crippen LogP contribution in [0.4, 0.5) is 0 Å². The number of para-hydroxylation sites is 1. The molecule has 0 saturated heterocycles. The predicted molar refractivity (Wildman–Crippen MR) is 89.2 cm³/mol. The number of H-pyrrole nitrogens is 2. The van der Waals surface area contributed by atoms with Crippen LogP contribution in [0.2, 0.25) is 0 Å². The van der Waals surface area contributed by atoms with Gasteiger partial charge in [-0.15, -0.1) is 0 Å². The molecule has 6 heteroatoms. The van der Waals surface area contributed by atoms with Crippen LogP contribution in [-0.2, 0) is 0 Å². The molecule has 114 valence electrons. The maximum atomic E-state index is 12.1. The van der Waals surface area contributed by atoms with Crippen molar-refractivity contribution in [2.75, 3.05) is 14.1 Å². The Kier molecular flexibility index (Phi) is 2.90. The predicted octanol–water partition coefficient (Wildman–Crippen LogP) is 2.81. The van der Waals surface area contributed by atoms with Gasteiger partial charge in [0.15, 0.2) is 5.82 Å². The van der Waals surface area contributed by atoms with Crippen LogP contribution in [-0.4, -0.2) is 45.1 Å². The molecular formula is C17H15N5O. The highest BCUT2D eigenvalue weighted by Gasteiger charge is 2.14. The Balaban J connectivity index is 1.84. The topological polar surface area (TPSA) is 77.7 Å². The summed E-state index contributed by atoms with van der Waals surface area (Å²) in [5.41, 5.74) is 4.00. The van der Waals surface area contributed by atoms with Crippen molar-refractivity contribution in [1.82, 2.24) is 25.1 Å². The molecule has 2 aromatic carbocycles. The molecule has 0 saturated carbocycles. The van der Waals surface area contributed by atoms with E-state index >= 15 is 0 Å². The number of benzene rings is 2. The lowest BCUT2D eigenvalue weighted by Crippen LogP contribution is -2.21. The van der Waals surface area contributed by atoms with E-state index in [2.05, 4.69) is 20.2 Å². The quantitative estimate of drug-likeness (QED) is 0.598. The largest absolute Gasteiger partial charge is 0.345 e. The van der Waals surface area contributed by atoms with Gasteiger partial charge in [0.05, 0.1) is 16.6 Å². The highest BCUT2D eigenvalue weighted by Crippen LogP contribution is 2.26. The van der Waals surface area contributed by atoms with Gasteiger partial charge >= 0.3 is 0 Å². The van der Waals surface area contributed by atoms with Crippen LogP contribution in [0.25, 0.3) is 33.5 Å². The molecule has 2 aromatic heterocycles. The van der Waals surface area contributed by atoms with Crippen LogP contribution in [0, 0.1) is 0 Å². The lowest BCUT2D eigenvalue weighted by Gasteiger charge is -2.09. The van der Waals surface area contributed by atoms with E-state index in [4.69, 9.17) is 0 Å².